The van der Waals surface area contributed by atoms with E-state index in [0.29, 0.717) is 17.5 Å². The number of hydrogen-bond donors (Lipinski definition) is 1. The molecule has 24 heavy (non-hydrogen) atoms. The van der Waals surface area contributed by atoms with E-state index in [2.05, 4.69) is 44.4 Å². The quantitative estimate of drug-likeness (QED) is 0.754. The lowest BCUT2D eigenvalue weighted by Gasteiger charge is -2.23. The lowest BCUT2D eigenvalue weighted by atomic mass is 9.97. The second kappa shape index (κ2) is 7.69. The molecule has 1 heterocycles. The Morgan fingerprint density at radius 1 is 1.17 bits per heavy atom. The lowest BCUT2D eigenvalue weighted by Crippen LogP contribution is -2.17. The Morgan fingerprint density at radius 3 is 2.29 bits per heavy atom. The fraction of sp³-hybridized carbons (Fsp3) is 0.476. The monoisotopic (exact) mass is 326 g/mol. The number of hydrogen-bond acceptors (Lipinski definition) is 1. The van der Waals surface area contributed by atoms with Gasteiger partial charge >= 0.3 is 0 Å². The van der Waals surface area contributed by atoms with Crippen molar-refractivity contribution in [2.24, 2.45) is 11.7 Å². The second-order valence-electron chi connectivity index (χ2n) is 6.97. The number of aromatic nitrogens is 1. The molecule has 1 unspecified atom stereocenters. The Labute approximate surface area is 145 Å². The predicted octanol–water partition coefficient (Wildman–Crippen LogP) is 5.12. The molecule has 2 N–H and O–H groups in total. The van der Waals surface area contributed by atoms with Crippen molar-refractivity contribution < 1.29 is 4.79 Å². The van der Waals surface area contributed by atoms with Gasteiger partial charge in [-0.05, 0) is 38.2 Å². The zero-order valence-electron chi connectivity index (χ0n) is 15.6. The van der Waals surface area contributed by atoms with Gasteiger partial charge in [-0.15, -0.1) is 0 Å². The van der Waals surface area contributed by atoms with E-state index in [4.69, 9.17) is 5.73 Å². The molecule has 1 aromatic carbocycles. The molecule has 1 aromatic heterocycles. The first-order chi connectivity index (χ1) is 11.4. The number of rotatable bonds is 7. The summed E-state index contributed by atoms with van der Waals surface area (Å²) in [6.45, 7) is 10.9. The van der Waals surface area contributed by atoms with Crippen molar-refractivity contribution in [2.75, 3.05) is 0 Å². The molecule has 0 aliphatic carbocycles. The maximum Gasteiger partial charge on any atom is 0.251 e. The number of carbonyl (C=O) groups is 1. The summed E-state index contributed by atoms with van der Waals surface area (Å²) in [5.41, 5.74) is 10.8. The maximum atomic E-state index is 12.3. The molecule has 0 spiro atoms. The van der Waals surface area contributed by atoms with E-state index < -0.39 is 0 Å². The van der Waals surface area contributed by atoms with Crippen LogP contribution in [0.2, 0.25) is 0 Å². The van der Waals surface area contributed by atoms with Gasteiger partial charge < -0.3 is 10.3 Å². The maximum absolute atomic E-state index is 12.3. The predicted molar refractivity (Wildman–Crippen MR) is 101 cm³/mol. The smallest absolute Gasteiger partial charge is 0.251 e. The summed E-state index contributed by atoms with van der Waals surface area (Å²) < 4.78 is 2.35. The number of unbranched alkanes of at least 4 members (excludes halogenated alkanes) is 1. The van der Waals surface area contributed by atoms with Crippen molar-refractivity contribution in [3.63, 3.8) is 0 Å². The van der Waals surface area contributed by atoms with Gasteiger partial charge in [-0.25, -0.2) is 0 Å². The van der Waals surface area contributed by atoms with E-state index in [1.165, 1.54) is 5.69 Å². The Kier molecular flexibility index (Phi) is 5.87. The fourth-order valence-corrected chi connectivity index (χ4v) is 3.42. The highest BCUT2D eigenvalue weighted by molar-refractivity contribution is 6.02. The Morgan fingerprint density at radius 2 is 1.79 bits per heavy atom. The SMILES string of the molecule is CCCCc1c(-c2ccccc2)c(C(N)=O)c(C)n1C(C)C(C)C. The van der Waals surface area contributed by atoms with Crippen molar-refractivity contribution in [1.82, 2.24) is 4.57 Å². The molecule has 0 saturated carbocycles. The summed E-state index contributed by atoms with van der Waals surface area (Å²) in [5, 5.41) is 0. The number of carbonyl (C=O) groups excluding carboxylic acids is 1. The molecule has 0 aliphatic rings. The van der Waals surface area contributed by atoms with Gasteiger partial charge in [-0.2, -0.15) is 0 Å². The van der Waals surface area contributed by atoms with Crippen LogP contribution in [-0.4, -0.2) is 10.5 Å². The second-order valence-corrected chi connectivity index (χ2v) is 6.97. The molecule has 0 bridgehead atoms. The Hall–Kier alpha value is -2.03. The van der Waals surface area contributed by atoms with Crippen LogP contribution in [0.3, 0.4) is 0 Å². The highest BCUT2D eigenvalue weighted by atomic mass is 16.1. The number of amides is 1. The van der Waals surface area contributed by atoms with Crippen LogP contribution in [0, 0.1) is 12.8 Å². The van der Waals surface area contributed by atoms with Crippen molar-refractivity contribution in [3.8, 4) is 11.1 Å². The van der Waals surface area contributed by atoms with Crippen LogP contribution in [0.1, 0.15) is 68.3 Å². The van der Waals surface area contributed by atoms with Crippen molar-refractivity contribution in [1.29, 1.82) is 0 Å². The van der Waals surface area contributed by atoms with E-state index in [-0.39, 0.29) is 5.91 Å². The van der Waals surface area contributed by atoms with Gasteiger partial charge in [-0.1, -0.05) is 57.5 Å². The summed E-state index contributed by atoms with van der Waals surface area (Å²) in [5.74, 6) is 0.152. The average molecular weight is 326 g/mol. The first kappa shape index (κ1) is 18.3. The number of primary amides is 1. The number of nitrogens with two attached hydrogens (primary N) is 1. The summed E-state index contributed by atoms with van der Waals surface area (Å²) in [4.78, 5) is 12.3. The van der Waals surface area contributed by atoms with Crippen LogP contribution < -0.4 is 5.73 Å². The molecule has 0 saturated heterocycles. The third-order valence-electron chi connectivity index (χ3n) is 5.00. The van der Waals surface area contributed by atoms with Crippen LogP contribution in [-0.2, 0) is 6.42 Å². The van der Waals surface area contributed by atoms with Gasteiger partial charge in [-0.3, -0.25) is 4.79 Å². The fourth-order valence-electron chi connectivity index (χ4n) is 3.42. The first-order valence-corrected chi connectivity index (χ1v) is 8.98. The molecule has 3 nitrogen and oxygen atoms in total. The minimum Gasteiger partial charge on any atom is -0.366 e. The highest BCUT2D eigenvalue weighted by Gasteiger charge is 2.27. The third-order valence-corrected chi connectivity index (χ3v) is 5.00. The van der Waals surface area contributed by atoms with Crippen molar-refractivity contribution >= 4 is 5.91 Å². The molecule has 2 rings (SSSR count). The Bertz CT molecular complexity index is 698. The molecule has 0 radical (unpaired) electrons. The number of benzene rings is 1. The van der Waals surface area contributed by atoms with Crippen LogP contribution in [0.5, 0.6) is 0 Å². The largest absolute Gasteiger partial charge is 0.366 e. The highest BCUT2D eigenvalue weighted by Crippen LogP contribution is 2.37. The van der Waals surface area contributed by atoms with Gasteiger partial charge in [0.05, 0.1) is 5.56 Å². The zero-order valence-corrected chi connectivity index (χ0v) is 15.6. The molecule has 1 amide bonds. The van der Waals surface area contributed by atoms with E-state index in [0.717, 1.165) is 36.1 Å². The van der Waals surface area contributed by atoms with E-state index >= 15 is 0 Å². The summed E-state index contributed by atoms with van der Waals surface area (Å²) in [6.07, 6.45) is 3.19. The molecule has 130 valence electrons. The van der Waals surface area contributed by atoms with Crippen LogP contribution in [0.4, 0.5) is 0 Å². The molecular weight excluding hydrogens is 296 g/mol. The van der Waals surface area contributed by atoms with Crippen LogP contribution in [0.15, 0.2) is 30.3 Å². The minimum atomic E-state index is -0.334. The van der Waals surface area contributed by atoms with E-state index in [1.807, 2.05) is 25.1 Å². The standard InChI is InChI=1S/C21H30N2O/c1-6-7-13-18-20(17-11-9-8-10-12-17)19(21(22)24)16(5)23(18)15(4)14(2)3/h8-12,14-15H,6-7,13H2,1-5H3,(H2,22,24). The molecule has 0 fully saturated rings. The van der Waals surface area contributed by atoms with Crippen LogP contribution in [0.25, 0.3) is 11.1 Å². The summed E-state index contributed by atoms with van der Waals surface area (Å²) in [6, 6.07) is 10.5. The normalized spacial score (nSPS) is 12.6. The van der Waals surface area contributed by atoms with Crippen molar-refractivity contribution in [3.05, 3.63) is 47.3 Å². The summed E-state index contributed by atoms with van der Waals surface area (Å²) in [7, 11) is 0. The van der Waals surface area contributed by atoms with Gasteiger partial charge in [0.15, 0.2) is 0 Å². The first-order valence-electron chi connectivity index (χ1n) is 8.98. The molecule has 3 heteroatoms. The van der Waals surface area contributed by atoms with Crippen LogP contribution >= 0.6 is 0 Å². The molecule has 0 aliphatic heterocycles. The number of nitrogens with zero attached hydrogens (tertiary/aromatic N) is 1. The van der Waals surface area contributed by atoms with E-state index in [1.54, 1.807) is 0 Å². The molecule has 1 atom stereocenters. The minimum absolute atomic E-state index is 0.326. The molecule has 2 aromatic rings. The van der Waals surface area contributed by atoms with Gasteiger partial charge in [0.25, 0.3) is 5.91 Å². The van der Waals surface area contributed by atoms with E-state index in [9.17, 15) is 4.79 Å². The topological polar surface area (TPSA) is 48.0 Å². The van der Waals surface area contributed by atoms with Gasteiger partial charge in [0, 0.05) is 23.0 Å². The summed E-state index contributed by atoms with van der Waals surface area (Å²) >= 11 is 0. The average Bonchev–Trinajstić information content (AvgIpc) is 2.85. The van der Waals surface area contributed by atoms with Gasteiger partial charge in [0.1, 0.15) is 0 Å². The zero-order chi connectivity index (χ0) is 17.9. The van der Waals surface area contributed by atoms with Gasteiger partial charge in [0.2, 0.25) is 0 Å². The molecular formula is C21H30N2O. The Balaban J connectivity index is 2.79. The van der Waals surface area contributed by atoms with Crippen molar-refractivity contribution in [2.45, 2.75) is 59.9 Å². The third kappa shape index (κ3) is 3.40. The lowest BCUT2D eigenvalue weighted by molar-refractivity contribution is 0.1000.